The Morgan fingerprint density at radius 1 is 1.33 bits per heavy atom. The van der Waals surface area contributed by atoms with E-state index in [2.05, 4.69) is 40.8 Å². The Kier molecular flexibility index (Phi) is 4.53. The highest BCUT2D eigenvalue weighted by Gasteiger charge is 2.21. The van der Waals surface area contributed by atoms with Crippen molar-refractivity contribution in [3.05, 3.63) is 18.0 Å². The zero-order valence-electron chi connectivity index (χ0n) is 11.8. The van der Waals surface area contributed by atoms with Gasteiger partial charge in [0.15, 0.2) is 0 Å². The maximum absolute atomic E-state index is 4.44. The minimum atomic E-state index is 0.637. The highest BCUT2D eigenvalue weighted by Crippen LogP contribution is 2.17. The Morgan fingerprint density at radius 3 is 2.67 bits per heavy atom. The molecule has 4 nitrogen and oxygen atoms in total. The number of likely N-dealkylation sites (N-methyl/N-ethyl adjacent to an activating group) is 2. The molecule has 2 heterocycles. The van der Waals surface area contributed by atoms with E-state index in [0.29, 0.717) is 6.04 Å². The summed E-state index contributed by atoms with van der Waals surface area (Å²) in [5, 5.41) is 0. The SMILES string of the molecule is CCc1cnc(N(C)CC2CCCCN2C)nc1. The quantitative estimate of drug-likeness (QED) is 0.815. The second-order valence-electron chi connectivity index (χ2n) is 5.26. The monoisotopic (exact) mass is 248 g/mol. The van der Waals surface area contributed by atoms with Crippen LogP contribution in [0.5, 0.6) is 0 Å². The fourth-order valence-electron chi connectivity index (χ4n) is 2.50. The van der Waals surface area contributed by atoms with E-state index in [4.69, 9.17) is 0 Å². The second-order valence-corrected chi connectivity index (χ2v) is 5.26. The number of nitrogens with zero attached hydrogens (tertiary/aromatic N) is 4. The first-order valence-corrected chi connectivity index (χ1v) is 6.93. The van der Waals surface area contributed by atoms with Crippen LogP contribution in [0.2, 0.25) is 0 Å². The van der Waals surface area contributed by atoms with Gasteiger partial charge in [0.1, 0.15) is 0 Å². The lowest BCUT2D eigenvalue weighted by Crippen LogP contribution is -2.44. The van der Waals surface area contributed by atoms with Crippen molar-refractivity contribution in [1.29, 1.82) is 0 Å². The van der Waals surface area contributed by atoms with Crippen LogP contribution < -0.4 is 4.90 Å². The molecule has 1 saturated heterocycles. The van der Waals surface area contributed by atoms with E-state index < -0.39 is 0 Å². The number of hydrogen-bond donors (Lipinski definition) is 0. The van der Waals surface area contributed by atoms with Gasteiger partial charge in [-0.3, -0.25) is 0 Å². The number of anilines is 1. The molecule has 0 saturated carbocycles. The lowest BCUT2D eigenvalue weighted by Gasteiger charge is -2.35. The predicted molar refractivity (Wildman–Crippen MR) is 74.9 cm³/mol. The van der Waals surface area contributed by atoms with Crippen LogP contribution in [0.25, 0.3) is 0 Å². The van der Waals surface area contributed by atoms with E-state index in [0.717, 1.165) is 18.9 Å². The first-order chi connectivity index (χ1) is 8.70. The molecule has 18 heavy (non-hydrogen) atoms. The zero-order chi connectivity index (χ0) is 13.0. The molecule has 2 rings (SSSR count). The molecule has 1 aliphatic rings. The Bertz CT molecular complexity index is 363. The van der Waals surface area contributed by atoms with E-state index in [1.165, 1.54) is 31.4 Å². The second kappa shape index (κ2) is 6.14. The number of aryl methyl sites for hydroxylation is 1. The normalized spacial score (nSPS) is 20.9. The molecule has 1 unspecified atom stereocenters. The summed E-state index contributed by atoms with van der Waals surface area (Å²) in [5.41, 5.74) is 1.20. The lowest BCUT2D eigenvalue weighted by molar-refractivity contribution is 0.189. The summed E-state index contributed by atoms with van der Waals surface area (Å²) in [6, 6.07) is 0.637. The van der Waals surface area contributed by atoms with Crippen molar-refractivity contribution in [3.63, 3.8) is 0 Å². The van der Waals surface area contributed by atoms with Gasteiger partial charge in [0, 0.05) is 32.0 Å². The van der Waals surface area contributed by atoms with Gasteiger partial charge in [0.2, 0.25) is 5.95 Å². The first kappa shape index (κ1) is 13.3. The third-order valence-electron chi connectivity index (χ3n) is 3.85. The molecule has 1 fully saturated rings. The van der Waals surface area contributed by atoms with Crippen molar-refractivity contribution >= 4 is 5.95 Å². The summed E-state index contributed by atoms with van der Waals surface area (Å²) < 4.78 is 0. The number of piperidine rings is 1. The van der Waals surface area contributed by atoms with Crippen molar-refractivity contribution in [2.24, 2.45) is 0 Å². The Hall–Kier alpha value is -1.16. The fraction of sp³-hybridized carbons (Fsp3) is 0.714. The van der Waals surface area contributed by atoms with Crippen LogP contribution in [0.1, 0.15) is 31.7 Å². The third kappa shape index (κ3) is 3.19. The summed E-state index contributed by atoms with van der Waals surface area (Å²) in [6.45, 7) is 4.36. The van der Waals surface area contributed by atoms with Crippen molar-refractivity contribution in [3.8, 4) is 0 Å². The van der Waals surface area contributed by atoms with Gasteiger partial charge in [-0.2, -0.15) is 0 Å². The van der Waals surface area contributed by atoms with Crippen LogP contribution in [-0.4, -0.2) is 48.1 Å². The average Bonchev–Trinajstić information content (AvgIpc) is 2.41. The zero-order valence-corrected chi connectivity index (χ0v) is 11.8. The molecule has 1 aromatic heterocycles. The van der Waals surface area contributed by atoms with E-state index in [1.54, 1.807) is 0 Å². The molecule has 1 aliphatic heterocycles. The van der Waals surface area contributed by atoms with Gasteiger partial charge in [-0.15, -0.1) is 0 Å². The summed E-state index contributed by atoms with van der Waals surface area (Å²) in [5.74, 6) is 0.839. The average molecular weight is 248 g/mol. The topological polar surface area (TPSA) is 32.3 Å². The molecule has 0 aromatic carbocycles. The van der Waals surface area contributed by atoms with E-state index in [9.17, 15) is 0 Å². The molecule has 4 heteroatoms. The van der Waals surface area contributed by atoms with Crippen LogP contribution in [0.3, 0.4) is 0 Å². The van der Waals surface area contributed by atoms with Crippen molar-refractivity contribution in [2.45, 2.75) is 38.6 Å². The van der Waals surface area contributed by atoms with Crippen molar-refractivity contribution in [1.82, 2.24) is 14.9 Å². The maximum Gasteiger partial charge on any atom is 0.225 e. The largest absolute Gasteiger partial charge is 0.342 e. The molecule has 100 valence electrons. The van der Waals surface area contributed by atoms with Crippen molar-refractivity contribution in [2.75, 3.05) is 32.1 Å². The first-order valence-electron chi connectivity index (χ1n) is 6.93. The molecule has 0 bridgehead atoms. The summed E-state index contributed by atoms with van der Waals surface area (Å²) in [4.78, 5) is 13.5. The van der Waals surface area contributed by atoms with Gasteiger partial charge in [-0.05, 0) is 38.4 Å². The molecule has 0 N–H and O–H groups in total. The maximum atomic E-state index is 4.44. The number of hydrogen-bond acceptors (Lipinski definition) is 4. The highest BCUT2D eigenvalue weighted by molar-refractivity contribution is 5.28. The molecule has 1 atom stereocenters. The molecule has 0 aliphatic carbocycles. The Labute approximate surface area is 110 Å². The number of aromatic nitrogens is 2. The fourth-order valence-corrected chi connectivity index (χ4v) is 2.50. The minimum Gasteiger partial charge on any atom is -0.342 e. The lowest BCUT2D eigenvalue weighted by atomic mass is 10.0. The van der Waals surface area contributed by atoms with E-state index in [1.807, 2.05) is 12.4 Å². The van der Waals surface area contributed by atoms with Crippen LogP contribution in [0.4, 0.5) is 5.95 Å². The molecule has 0 amide bonds. The molecular formula is C14H24N4. The van der Waals surface area contributed by atoms with Crippen LogP contribution in [0.15, 0.2) is 12.4 Å². The molecule has 1 aromatic rings. The molecular weight excluding hydrogens is 224 g/mol. The molecule has 0 spiro atoms. The van der Waals surface area contributed by atoms with Gasteiger partial charge < -0.3 is 9.80 Å². The van der Waals surface area contributed by atoms with Gasteiger partial charge in [-0.25, -0.2) is 9.97 Å². The van der Waals surface area contributed by atoms with Gasteiger partial charge in [0.25, 0.3) is 0 Å². The molecule has 0 radical (unpaired) electrons. The summed E-state index contributed by atoms with van der Waals surface area (Å²) in [6.07, 6.45) is 8.83. The number of rotatable bonds is 4. The van der Waals surface area contributed by atoms with Crippen LogP contribution in [0, 0.1) is 0 Å². The van der Waals surface area contributed by atoms with Gasteiger partial charge in [-0.1, -0.05) is 13.3 Å². The van der Waals surface area contributed by atoms with Crippen LogP contribution in [-0.2, 0) is 6.42 Å². The highest BCUT2D eigenvalue weighted by atomic mass is 15.3. The number of likely N-dealkylation sites (tertiary alicyclic amines) is 1. The van der Waals surface area contributed by atoms with Gasteiger partial charge in [0.05, 0.1) is 0 Å². The Morgan fingerprint density at radius 2 is 2.06 bits per heavy atom. The smallest absolute Gasteiger partial charge is 0.225 e. The summed E-state index contributed by atoms with van der Waals surface area (Å²) in [7, 11) is 4.31. The minimum absolute atomic E-state index is 0.637. The predicted octanol–water partition coefficient (Wildman–Crippen LogP) is 1.96. The van der Waals surface area contributed by atoms with Gasteiger partial charge >= 0.3 is 0 Å². The van der Waals surface area contributed by atoms with E-state index in [-0.39, 0.29) is 0 Å². The van der Waals surface area contributed by atoms with E-state index >= 15 is 0 Å². The van der Waals surface area contributed by atoms with Crippen LogP contribution >= 0.6 is 0 Å². The van der Waals surface area contributed by atoms with Crippen molar-refractivity contribution < 1.29 is 0 Å². The third-order valence-corrected chi connectivity index (χ3v) is 3.85. The summed E-state index contributed by atoms with van der Waals surface area (Å²) >= 11 is 0. The Balaban J connectivity index is 1.95. The standard InChI is InChI=1S/C14H24N4/c1-4-12-9-15-14(16-10-12)18(3)11-13-7-5-6-8-17(13)2/h9-10,13H,4-8,11H2,1-3H3.